The molecule has 0 bridgehead atoms. The molecule has 1 saturated carbocycles. The molecule has 2 N–H and O–H groups in total. The van der Waals surface area contributed by atoms with Crippen molar-refractivity contribution in [2.75, 3.05) is 6.54 Å². The molecule has 1 aliphatic rings. The number of hydrogen-bond acceptors (Lipinski definition) is 2. The van der Waals surface area contributed by atoms with Gasteiger partial charge >= 0.3 is 0 Å². The minimum absolute atomic E-state index is 0.0164. The Balaban J connectivity index is 1.94. The molecular formula is C16H33NO. The third kappa shape index (κ3) is 7.38. The molecule has 1 unspecified atom stereocenters. The highest BCUT2D eigenvalue weighted by atomic mass is 16.3. The molecule has 0 heterocycles. The van der Waals surface area contributed by atoms with Crippen LogP contribution in [0, 0.1) is 5.92 Å². The Bertz CT molecular complexity index is 188. The monoisotopic (exact) mass is 255 g/mol. The van der Waals surface area contributed by atoms with E-state index in [9.17, 15) is 5.11 Å². The lowest BCUT2D eigenvalue weighted by Gasteiger charge is -2.27. The van der Waals surface area contributed by atoms with E-state index in [1.807, 2.05) is 0 Å². The summed E-state index contributed by atoms with van der Waals surface area (Å²) in [7, 11) is 0. The molecule has 0 aromatic carbocycles. The first kappa shape index (κ1) is 16.0. The Morgan fingerprint density at radius 1 is 1.06 bits per heavy atom. The van der Waals surface area contributed by atoms with Gasteiger partial charge in [-0.25, -0.2) is 0 Å². The van der Waals surface area contributed by atoms with Crippen LogP contribution in [0.4, 0.5) is 0 Å². The summed E-state index contributed by atoms with van der Waals surface area (Å²) < 4.78 is 0. The van der Waals surface area contributed by atoms with Gasteiger partial charge in [-0.05, 0) is 51.5 Å². The van der Waals surface area contributed by atoms with Crippen LogP contribution in [0.2, 0.25) is 0 Å². The van der Waals surface area contributed by atoms with Crippen LogP contribution in [0.15, 0.2) is 0 Å². The maximum Gasteiger partial charge on any atom is 0.0540 e. The summed E-state index contributed by atoms with van der Waals surface area (Å²) in [5.74, 6) is 0.802. The van der Waals surface area contributed by atoms with Crippen LogP contribution in [0.1, 0.15) is 78.1 Å². The maximum absolute atomic E-state index is 9.47. The third-order valence-corrected chi connectivity index (χ3v) is 4.31. The number of unbranched alkanes of at least 4 members (excludes halogenated alkanes) is 4. The zero-order valence-corrected chi connectivity index (χ0v) is 12.5. The van der Waals surface area contributed by atoms with Crippen LogP contribution < -0.4 is 5.32 Å². The van der Waals surface area contributed by atoms with Gasteiger partial charge in [-0.2, -0.15) is 0 Å². The van der Waals surface area contributed by atoms with Gasteiger partial charge in [-0.1, -0.05) is 39.0 Å². The molecule has 108 valence electrons. The number of hydrogen-bond donors (Lipinski definition) is 2. The number of nitrogens with one attached hydrogen (secondary N) is 1. The van der Waals surface area contributed by atoms with E-state index in [4.69, 9.17) is 0 Å². The molecule has 1 atom stereocenters. The van der Waals surface area contributed by atoms with Gasteiger partial charge in [-0.15, -0.1) is 0 Å². The van der Waals surface area contributed by atoms with Gasteiger partial charge < -0.3 is 10.4 Å². The molecule has 0 saturated heterocycles. The first-order valence-corrected chi connectivity index (χ1v) is 8.13. The highest BCUT2D eigenvalue weighted by Crippen LogP contribution is 2.23. The van der Waals surface area contributed by atoms with Crippen LogP contribution in [0.5, 0.6) is 0 Å². The molecule has 0 aromatic heterocycles. The van der Waals surface area contributed by atoms with Crippen molar-refractivity contribution < 1.29 is 5.11 Å². The third-order valence-electron chi connectivity index (χ3n) is 4.31. The lowest BCUT2D eigenvalue weighted by Crippen LogP contribution is -2.33. The molecule has 1 fully saturated rings. The topological polar surface area (TPSA) is 32.3 Å². The van der Waals surface area contributed by atoms with Crippen molar-refractivity contribution in [1.82, 2.24) is 5.32 Å². The highest BCUT2D eigenvalue weighted by Gasteiger charge is 2.19. The minimum Gasteiger partial charge on any atom is -0.393 e. The quantitative estimate of drug-likeness (QED) is 0.613. The molecule has 0 amide bonds. The van der Waals surface area contributed by atoms with E-state index in [0.717, 1.165) is 25.3 Å². The summed E-state index contributed by atoms with van der Waals surface area (Å²) >= 11 is 0. The van der Waals surface area contributed by atoms with Crippen LogP contribution >= 0.6 is 0 Å². The summed E-state index contributed by atoms with van der Waals surface area (Å²) in [6.07, 6.45) is 12.6. The second-order valence-corrected chi connectivity index (χ2v) is 6.19. The Morgan fingerprint density at radius 2 is 1.72 bits per heavy atom. The fraction of sp³-hybridized carbons (Fsp3) is 1.00. The number of aliphatic hydroxyl groups is 1. The normalized spacial score (nSPS) is 26.2. The van der Waals surface area contributed by atoms with E-state index in [1.54, 1.807) is 0 Å². The summed E-state index contributed by atoms with van der Waals surface area (Å²) in [6, 6.07) is 0.665. The van der Waals surface area contributed by atoms with Gasteiger partial charge in [0.05, 0.1) is 6.10 Å². The van der Waals surface area contributed by atoms with E-state index < -0.39 is 0 Å². The van der Waals surface area contributed by atoms with Crippen molar-refractivity contribution in [3.8, 4) is 0 Å². The summed E-state index contributed by atoms with van der Waals surface area (Å²) in [5.41, 5.74) is 0. The average Bonchev–Trinajstić information content (AvgIpc) is 2.38. The standard InChI is InChI=1S/C16H33NO/c1-3-4-5-6-7-8-14(2)17-13-15-9-11-16(18)12-10-15/h14-18H,3-13H2,1-2H3. The molecule has 0 radical (unpaired) electrons. The zero-order valence-electron chi connectivity index (χ0n) is 12.5. The van der Waals surface area contributed by atoms with E-state index in [2.05, 4.69) is 19.2 Å². The van der Waals surface area contributed by atoms with Crippen molar-refractivity contribution in [3.05, 3.63) is 0 Å². The molecular weight excluding hydrogens is 222 g/mol. The van der Waals surface area contributed by atoms with Crippen molar-refractivity contribution in [2.24, 2.45) is 5.92 Å². The second-order valence-electron chi connectivity index (χ2n) is 6.19. The zero-order chi connectivity index (χ0) is 13.2. The number of rotatable bonds is 9. The smallest absolute Gasteiger partial charge is 0.0540 e. The fourth-order valence-electron chi connectivity index (χ4n) is 2.87. The SMILES string of the molecule is CCCCCCCC(C)NCC1CCC(O)CC1. The predicted octanol–water partition coefficient (Wildman–Crippen LogP) is 3.88. The Hall–Kier alpha value is -0.0800. The molecule has 2 heteroatoms. The van der Waals surface area contributed by atoms with Crippen molar-refractivity contribution in [1.29, 1.82) is 0 Å². The first-order chi connectivity index (χ1) is 8.72. The van der Waals surface area contributed by atoms with Gasteiger partial charge in [0, 0.05) is 6.04 Å². The molecule has 0 aromatic rings. The Kier molecular flexibility index (Phi) is 8.70. The fourth-order valence-corrected chi connectivity index (χ4v) is 2.87. The number of aliphatic hydroxyl groups excluding tert-OH is 1. The lowest BCUT2D eigenvalue weighted by atomic mass is 9.87. The van der Waals surface area contributed by atoms with Gasteiger partial charge in [0.1, 0.15) is 0 Å². The Morgan fingerprint density at radius 3 is 2.39 bits per heavy atom. The van der Waals surface area contributed by atoms with Crippen LogP contribution in [-0.4, -0.2) is 23.8 Å². The molecule has 1 rings (SSSR count). The lowest BCUT2D eigenvalue weighted by molar-refractivity contribution is 0.107. The van der Waals surface area contributed by atoms with E-state index in [1.165, 1.54) is 51.4 Å². The molecule has 0 spiro atoms. The molecule has 1 aliphatic carbocycles. The Labute approximate surface area is 114 Å². The van der Waals surface area contributed by atoms with E-state index in [-0.39, 0.29) is 6.10 Å². The predicted molar refractivity (Wildman–Crippen MR) is 78.8 cm³/mol. The minimum atomic E-state index is -0.0164. The van der Waals surface area contributed by atoms with E-state index in [0.29, 0.717) is 6.04 Å². The van der Waals surface area contributed by atoms with Gasteiger partial charge in [0.2, 0.25) is 0 Å². The second kappa shape index (κ2) is 9.80. The average molecular weight is 255 g/mol. The molecule has 0 aliphatic heterocycles. The van der Waals surface area contributed by atoms with Crippen LogP contribution in [0.3, 0.4) is 0 Å². The first-order valence-electron chi connectivity index (χ1n) is 8.13. The van der Waals surface area contributed by atoms with Crippen molar-refractivity contribution in [2.45, 2.75) is 90.2 Å². The summed E-state index contributed by atoms with van der Waals surface area (Å²) in [4.78, 5) is 0. The van der Waals surface area contributed by atoms with Crippen molar-refractivity contribution >= 4 is 0 Å². The van der Waals surface area contributed by atoms with Crippen molar-refractivity contribution in [3.63, 3.8) is 0 Å². The van der Waals surface area contributed by atoms with Gasteiger partial charge in [-0.3, -0.25) is 0 Å². The van der Waals surface area contributed by atoms with Crippen LogP contribution in [0.25, 0.3) is 0 Å². The molecule has 2 nitrogen and oxygen atoms in total. The summed E-state index contributed by atoms with van der Waals surface area (Å²) in [5, 5.41) is 13.1. The summed E-state index contributed by atoms with van der Waals surface area (Å²) in [6.45, 7) is 5.74. The maximum atomic E-state index is 9.47. The molecule has 18 heavy (non-hydrogen) atoms. The van der Waals surface area contributed by atoms with Crippen LogP contribution in [-0.2, 0) is 0 Å². The highest BCUT2D eigenvalue weighted by molar-refractivity contribution is 4.74. The largest absolute Gasteiger partial charge is 0.393 e. The van der Waals surface area contributed by atoms with Gasteiger partial charge in [0.25, 0.3) is 0 Å². The van der Waals surface area contributed by atoms with E-state index >= 15 is 0 Å². The van der Waals surface area contributed by atoms with Gasteiger partial charge in [0.15, 0.2) is 0 Å².